The van der Waals surface area contributed by atoms with Gasteiger partial charge < -0.3 is 10.6 Å². The highest BCUT2D eigenvalue weighted by Crippen LogP contribution is 2.19. The van der Waals surface area contributed by atoms with Crippen molar-refractivity contribution in [3.05, 3.63) is 29.6 Å². The summed E-state index contributed by atoms with van der Waals surface area (Å²) in [5.74, 6) is 5.72. The molecular formula is C16H21N3O. The molecule has 2 heterocycles. The second-order valence-corrected chi connectivity index (χ2v) is 5.10. The summed E-state index contributed by atoms with van der Waals surface area (Å²) in [6.45, 7) is 3.19. The van der Waals surface area contributed by atoms with E-state index in [4.69, 9.17) is 5.73 Å². The molecule has 2 rings (SSSR count). The van der Waals surface area contributed by atoms with Gasteiger partial charge in [-0.25, -0.2) is 4.98 Å². The van der Waals surface area contributed by atoms with Gasteiger partial charge in [-0.1, -0.05) is 24.7 Å². The van der Waals surface area contributed by atoms with E-state index in [1.54, 1.807) is 12.3 Å². The molecule has 0 spiro atoms. The van der Waals surface area contributed by atoms with Gasteiger partial charge in [0, 0.05) is 18.8 Å². The lowest BCUT2D eigenvalue weighted by Gasteiger charge is -2.27. The monoisotopic (exact) mass is 271 g/mol. The van der Waals surface area contributed by atoms with Gasteiger partial charge in [-0.3, -0.25) is 4.79 Å². The van der Waals surface area contributed by atoms with Crippen molar-refractivity contribution in [2.75, 3.05) is 13.1 Å². The molecule has 4 nitrogen and oxygen atoms in total. The Bertz CT molecular complexity index is 530. The molecule has 20 heavy (non-hydrogen) atoms. The summed E-state index contributed by atoms with van der Waals surface area (Å²) >= 11 is 0. The Morgan fingerprint density at radius 2 is 2.35 bits per heavy atom. The number of pyridine rings is 1. The standard InChI is InChI=1S/C16H21N3O/c1-13-7-3-2-4-12-19(13)16(20)15-14(8-5-10-17)9-6-11-18-15/h6,9,11,13H,2-4,7,10,12,17H2,1H3. The van der Waals surface area contributed by atoms with Gasteiger partial charge in [0.2, 0.25) is 0 Å². The maximum atomic E-state index is 12.7. The van der Waals surface area contributed by atoms with Gasteiger partial charge in [0.15, 0.2) is 0 Å². The summed E-state index contributed by atoms with van der Waals surface area (Å²) in [5.41, 5.74) is 6.51. The van der Waals surface area contributed by atoms with Crippen LogP contribution in [0.15, 0.2) is 18.3 Å². The maximum absolute atomic E-state index is 12.7. The largest absolute Gasteiger partial charge is 0.335 e. The van der Waals surface area contributed by atoms with Crippen LogP contribution >= 0.6 is 0 Å². The third-order valence-electron chi connectivity index (χ3n) is 3.65. The minimum Gasteiger partial charge on any atom is -0.335 e. The zero-order chi connectivity index (χ0) is 14.4. The molecule has 0 aromatic carbocycles. The molecule has 4 heteroatoms. The predicted molar refractivity (Wildman–Crippen MR) is 79.1 cm³/mol. The average Bonchev–Trinajstić information content (AvgIpc) is 2.69. The topological polar surface area (TPSA) is 59.2 Å². The van der Waals surface area contributed by atoms with Crippen molar-refractivity contribution in [3.8, 4) is 11.8 Å². The highest BCUT2D eigenvalue weighted by atomic mass is 16.2. The second-order valence-electron chi connectivity index (χ2n) is 5.10. The van der Waals surface area contributed by atoms with Crippen LogP contribution in [0.3, 0.4) is 0 Å². The van der Waals surface area contributed by atoms with E-state index < -0.39 is 0 Å². The number of aromatic nitrogens is 1. The fraction of sp³-hybridized carbons (Fsp3) is 0.500. The molecule has 2 N–H and O–H groups in total. The number of carbonyl (C=O) groups is 1. The first-order valence-corrected chi connectivity index (χ1v) is 7.19. The Balaban J connectivity index is 2.28. The van der Waals surface area contributed by atoms with E-state index in [-0.39, 0.29) is 18.5 Å². The smallest absolute Gasteiger partial charge is 0.273 e. The maximum Gasteiger partial charge on any atom is 0.273 e. The van der Waals surface area contributed by atoms with Crippen molar-refractivity contribution in [3.63, 3.8) is 0 Å². The predicted octanol–water partition coefficient (Wildman–Crippen LogP) is 1.80. The van der Waals surface area contributed by atoms with Crippen LogP contribution in [0.25, 0.3) is 0 Å². The number of amides is 1. The summed E-state index contributed by atoms with van der Waals surface area (Å²) in [4.78, 5) is 18.9. The molecule has 1 saturated heterocycles. The Kier molecular flexibility index (Phi) is 5.14. The number of rotatable bonds is 1. The lowest BCUT2D eigenvalue weighted by atomic mass is 10.1. The fourth-order valence-electron chi connectivity index (χ4n) is 2.54. The van der Waals surface area contributed by atoms with Crippen LogP contribution in [0.1, 0.15) is 48.7 Å². The Morgan fingerprint density at radius 1 is 1.50 bits per heavy atom. The van der Waals surface area contributed by atoms with Crippen LogP contribution < -0.4 is 5.73 Å². The molecule has 1 unspecified atom stereocenters. The van der Waals surface area contributed by atoms with Gasteiger partial charge >= 0.3 is 0 Å². The first-order valence-electron chi connectivity index (χ1n) is 7.19. The van der Waals surface area contributed by atoms with Crippen molar-refractivity contribution in [1.29, 1.82) is 0 Å². The van der Waals surface area contributed by atoms with E-state index in [9.17, 15) is 4.79 Å². The number of nitrogens with zero attached hydrogens (tertiary/aromatic N) is 2. The average molecular weight is 271 g/mol. The fourth-order valence-corrected chi connectivity index (χ4v) is 2.54. The molecule has 0 radical (unpaired) electrons. The molecule has 1 aromatic rings. The van der Waals surface area contributed by atoms with Crippen LogP contribution in [0.5, 0.6) is 0 Å². The third kappa shape index (κ3) is 3.37. The summed E-state index contributed by atoms with van der Waals surface area (Å²) in [6, 6.07) is 3.89. The second kappa shape index (κ2) is 7.06. The van der Waals surface area contributed by atoms with Gasteiger partial charge in [-0.05, 0) is 31.9 Å². The molecule has 0 bridgehead atoms. The molecule has 1 atom stereocenters. The summed E-state index contributed by atoms with van der Waals surface area (Å²) < 4.78 is 0. The summed E-state index contributed by atoms with van der Waals surface area (Å²) in [5, 5.41) is 0. The van der Waals surface area contributed by atoms with Gasteiger partial charge in [0.05, 0.1) is 12.1 Å². The Morgan fingerprint density at radius 3 is 3.15 bits per heavy atom. The first kappa shape index (κ1) is 14.5. The van der Waals surface area contributed by atoms with Gasteiger partial charge in [-0.2, -0.15) is 0 Å². The van der Waals surface area contributed by atoms with Gasteiger partial charge in [0.25, 0.3) is 5.91 Å². The minimum atomic E-state index is -0.0127. The summed E-state index contributed by atoms with van der Waals surface area (Å²) in [7, 11) is 0. The molecule has 106 valence electrons. The highest BCUT2D eigenvalue weighted by molar-refractivity contribution is 5.95. The van der Waals surface area contributed by atoms with Crippen molar-refractivity contribution < 1.29 is 4.79 Å². The molecular weight excluding hydrogens is 250 g/mol. The number of hydrogen-bond donors (Lipinski definition) is 1. The van der Waals surface area contributed by atoms with E-state index in [2.05, 4.69) is 23.7 Å². The lowest BCUT2D eigenvalue weighted by molar-refractivity contribution is 0.0691. The van der Waals surface area contributed by atoms with Crippen LogP contribution in [0, 0.1) is 11.8 Å². The van der Waals surface area contributed by atoms with Crippen molar-refractivity contribution in [1.82, 2.24) is 9.88 Å². The van der Waals surface area contributed by atoms with Crippen LogP contribution in [0.2, 0.25) is 0 Å². The molecule has 1 aliphatic heterocycles. The van der Waals surface area contributed by atoms with E-state index in [1.165, 1.54) is 12.8 Å². The number of carbonyl (C=O) groups excluding carboxylic acids is 1. The van der Waals surface area contributed by atoms with Crippen molar-refractivity contribution in [2.24, 2.45) is 5.73 Å². The number of nitrogens with two attached hydrogens (primary N) is 1. The zero-order valence-corrected chi connectivity index (χ0v) is 11.9. The Hall–Kier alpha value is -1.86. The molecule has 1 amide bonds. The highest BCUT2D eigenvalue weighted by Gasteiger charge is 2.25. The SMILES string of the molecule is CC1CCCCCN1C(=O)c1ncccc1C#CCN. The molecule has 1 fully saturated rings. The molecule has 1 aromatic heterocycles. The van der Waals surface area contributed by atoms with Gasteiger partial charge in [0.1, 0.15) is 5.69 Å². The Labute approximate surface area is 120 Å². The van der Waals surface area contributed by atoms with E-state index in [0.717, 1.165) is 19.4 Å². The van der Waals surface area contributed by atoms with E-state index in [1.807, 2.05) is 11.0 Å². The normalized spacial score (nSPS) is 18.9. The molecule has 0 aliphatic carbocycles. The van der Waals surface area contributed by atoms with Crippen LogP contribution in [0.4, 0.5) is 0 Å². The number of likely N-dealkylation sites (tertiary alicyclic amines) is 1. The molecule has 0 saturated carbocycles. The lowest BCUT2D eigenvalue weighted by Crippen LogP contribution is -2.39. The van der Waals surface area contributed by atoms with Crippen LogP contribution in [-0.2, 0) is 0 Å². The minimum absolute atomic E-state index is 0.0127. The van der Waals surface area contributed by atoms with Gasteiger partial charge in [-0.15, -0.1) is 0 Å². The van der Waals surface area contributed by atoms with E-state index in [0.29, 0.717) is 11.3 Å². The zero-order valence-electron chi connectivity index (χ0n) is 11.9. The molecule has 1 aliphatic rings. The first-order chi connectivity index (χ1) is 9.74. The van der Waals surface area contributed by atoms with Crippen molar-refractivity contribution in [2.45, 2.75) is 38.6 Å². The van der Waals surface area contributed by atoms with Crippen LogP contribution in [-0.4, -0.2) is 34.9 Å². The van der Waals surface area contributed by atoms with Crippen molar-refractivity contribution >= 4 is 5.91 Å². The number of hydrogen-bond acceptors (Lipinski definition) is 3. The third-order valence-corrected chi connectivity index (χ3v) is 3.65. The quantitative estimate of drug-likeness (QED) is 0.792. The summed E-state index contributed by atoms with van der Waals surface area (Å²) in [6.07, 6.45) is 6.14. The van der Waals surface area contributed by atoms with E-state index >= 15 is 0 Å².